The van der Waals surface area contributed by atoms with Crippen LogP contribution in [0.3, 0.4) is 0 Å². The van der Waals surface area contributed by atoms with E-state index in [0.29, 0.717) is 19.8 Å². The third-order valence-electron chi connectivity index (χ3n) is 4.22. The molecule has 0 aliphatic rings. The number of furan rings is 1. The van der Waals surface area contributed by atoms with Crippen LogP contribution in [0.5, 0.6) is 0 Å². The van der Waals surface area contributed by atoms with Crippen LogP contribution in [0, 0.1) is 0 Å². The lowest BCUT2D eigenvalue weighted by molar-refractivity contribution is 0.105. The minimum atomic E-state index is 0. The standard InChI is InChI=1S/C21H27N5O2.HI/c1-22-21(24-10-6-13-27-17-19-9-5-14-28-19)25-15-20-23-11-12-26(20)16-18-7-3-2-4-8-18;/h2-5,7-9,11-12,14H,6,10,13,15-17H2,1H3,(H2,22,24,25);1H. The third-order valence-corrected chi connectivity index (χ3v) is 4.22. The zero-order valence-corrected chi connectivity index (χ0v) is 18.9. The Morgan fingerprint density at radius 3 is 2.79 bits per heavy atom. The van der Waals surface area contributed by atoms with Gasteiger partial charge in [0.15, 0.2) is 5.96 Å². The van der Waals surface area contributed by atoms with Gasteiger partial charge in [-0.25, -0.2) is 4.98 Å². The van der Waals surface area contributed by atoms with Crippen molar-refractivity contribution >= 4 is 29.9 Å². The lowest BCUT2D eigenvalue weighted by Crippen LogP contribution is -2.38. The summed E-state index contributed by atoms with van der Waals surface area (Å²) >= 11 is 0. The molecule has 8 heteroatoms. The zero-order valence-electron chi connectivity index (χ0n) is 16.6. The van der Waals surface area contributed by atoms with Gasteiger partial charge in [-0.15, -0.1) is 24.0 Å². The molecule has 1 aromatic carbocycles. The minimum Gasteiger partial charge on any atom is -0.467 e. The molecule has 3 aromatic rings. The van der Waals surface area contributed by atoms with Crippen LogP contribution in [0.1, 0.15) is 23.6 Å². The summed E-state index contributed by atoms with van der Waals surface area (Å²) in [6.07, 6.45) is 6.36. The summed E-state index contributed by atoms with van der Waals surface area (Å²) in [5.74, 6) is 2.56. The van der Waals surface area contributed by atoms with E-state index in [2.05, 4.69) is 37.3 Å². The highest BCUT2D eigenvalue weighted by Crippen LogP contribution is 2.05. The quantitative estimate of drug-likeness (QED) is 0.190. The fraction of sp³-hybridized carbons (Fsp3) is 0.333. The van der Waals surface area contributed by atoms with Gasteiger partial charge in [0.1, 0.15) is 18.2 Å². The Kier molecular flexibility index (Phi) is 10.3. The highest BCUT2D eigenvalue weighted by molar-refractivity contribution is 14.0. The van der Waals surface area contributed by atoms with E-state index >= 15 is 0 Å². The number of nitrogens with zero attached hydrogens (tertiary/aromatic N) is 3. The van der Waals surface area contributed by atoms with Crippen LogP contribution in [-0.2, 0) is 24.4 Å². The van der Waals surface area contributed by atoms with E-state index in [1.807, 2.05) is 42.7 Å². The third kappa shape index (κ3) is 7.90. The Labute approximate surface area is 188 Å². The van der Waals surface area contributed by atoms with Gasteiger partial charge in [0.25, 0.3) is 0 Å². The molecule has 0 atom stereocenters. The summed E-state index contributed by atoms with van der Waals surface area (Å²) in [7, 11) is 1.76. The molecule has 0 bridgehead atoms. The number of nitrogens with one attached hydrogen (secondary N) is 2. The van der Waals surface area contributed by atoms with Gasteiger partial charge >= 0.3 is 0 Å². The van der Waals surface area contributed by atoms with E-state index in [0.717, 1.165) is 37.1 Å². The topological polar surface area (TPSA) is 76.6 Å². The molecule has 0 amide bonds. The Morgan fingerprint density at radius 1 is 1.17 bits per heavy atom. The van der Waals surface area contributed by atoms with Gasteiger partial charge in [-0.05, 0) is 24.1 Å². The first kappa shape index (κ1) is 23.0. The van der Waals surface area contributed by atoms with E-state index in [1.54, 1.807) is 13.3 Å². The molecule has 0 spiro atoms. The normalized spacial score (nSPS) is 11.1. The summed E-state index contributed by atoms with van der Waals surface area (Å²) < 4.78 is 12.9. The second-order valence-corrected chi connectivity index (χ2v) is 6.30. The van der Waals surface area contributed by atoms with Gasteiger partial charge in [-0.1, -0.05) is 30.3 Å². The lowest BCUT2D eigenvalue weighted by Gasteiger charge is -2.13. The number of aliphatic imine (C=N–C) groups is 1. The molecule has 3 rings (SSSR count). The Balaban J connectivity index is 0.00000300. The van der Waals surface area contributed by atoms with Crippen molar-refractivity contribution in [3.05, 3.63) is 78.3 Å². The SMILES string of the molecule is CN=C(NCCCOCc1ccco1)NCc1nccn1Cc1ccccc1.I. The molecule has 0 radical (unpaired) electrons. The number of halogens is 1. The molecule has 0 saturated heterocycles. The van der Waals surface area contributed by atoms with Crippen molar-refractivity contribution < 1.29 is 9.15 Å². The predicted molar refractivity (Wildman–Crippen MR) is 124 cm³/mol. The highest BCUT2D eigenvalue weighted by Gasteiger charge is 2.05. The molecular formula is C21H28IN5O2. The minimum absolute atomic E-state index is 0. The molecule has 0 fully saturated rings. The monoisotopic (exact) mass is 509 g/mol. The van der Waals surface area contributed by atoms with Crippen molar-refractivity contribution in [3.8, 4) is 0 Å². The van der Waals surface area contributed by atoms with Crippen LogP contribution in [0.25, 0.3) is 0 Å². The van der Waals surface area contributed by atoms with E-state index in [1.165, 1.54) is 5.56 Å². The Morgan fingerprint density at radius 2 is 2.03 bits per heavy atom. The summed E-state index contributed by atoms with van der Waals surface area (Å²) in [4.78, 5) is 8.71. The molecule has 0 aliphatic carbocycles. The number of aromatic nitrogens is 2. The fourth-order valence-corrected chi connectivity index (χ4v) is 2.76. The van der Waals surface area contributed by atoms with Gasteiger partial charge in [-0.3, -0.25) is 4.99 Å². The van der Waals surface area contributed by atoms with Crippen LogP contribution in [0.4, 0.5) is 0 Å². The van der Waals surface area contributed by atoms with Gasteiger partial charge in [0.2, 0.25) is 0 Å². The highest BCUT2D eigenvalue weighted by atomic mass is 127. The van der Waals surface area contributed by atoms with E-state index in [9.17, 15) is 0 Å². The maximum Gasteiger partial charge on any atom is 0.191 e. The predicted octanol–water partition coefficient (Wildman–Crippen LogP) is 3.41. The Hall–Kier alpha value is -2.33. The molecule has 0 aliphatic heterocycles. The van der Waals surface area contributed by atoms with Crippen molar-refractivity contribution in [2.75, 3.05) is 20.2 Å². The molecule has 0 unspecified atom stereocenters. The molecule has 29 heavy (non-hydrogen) atoms. The largest absolute Gasteiger partial charge is 0.467 e. The molecular weight excluding hydrogens is 481 g/mol. The van der Waals surface area contributed by atoms with Crippen LogP contribution < -0.4 is 10.6 Å². The second-order valence-electron chi connectivity index (χ2n) is 6.30. The average molecular weight is 509 g/mol. The smallest absolute Gasteiger partial charge is 0.191 e. The number of hydrogen-bond acceptors (Lipinski definition) is 4. The van der Waals surface area contributed by atoms with E-state index in [-0.39, 0.29) is 24.0 Å². The van der Waals surface area contributed by atoms with E-state index < -0.39 is 0 Å². The summed E-state index contributed by atoms with van der Waals surface area (Å²) in [5.41, 5.74) is 1.25. The van der Waals surface area contributed by atoms with Crippen molar-refractivity contribution in [3.63, 3.8) is 0 Å². The van der Waals surface area contributed by atoms with Crippen LogP contribution in [0.2, 0.25) is 0 Å². The number of benzene rings is 1. The molecule has 156 valence electrons. The van der Waals surface area contributed by atoms with E-state index in [4.69, 9.17) is 9.15 Å². The second kappa shape index (κ2) is 13.0. The lowest BCUT2D eigenvalue weighted by atomic mass is 10.2. The van der Waals surface area contributed by atoms with Gasteiger partial charge in [0, 0.05) is 39.1 Å². The number of imidazole rings is 1. The van der Waals surface area contributed by atoms with Gasteiger partial charge in [0.05, 0.1) is 12.8 Å². The molecule has 0 saturated carbocycles. The first-order valence-electron chi connectivity index (χ1n) is 9.43. The van der Waals surface area contributed by atoms with Crippen molar-refractivity contribution in [2.45, 2.75) is 26.1 Å². The molecule has 2 aromatic heterocycles. The number of hydrogen-bond donors (Lipinski definition) is 2. The van der Waals surface area contributed by atoms with Gasteiger partial charge in [-0.2, -0.15) is 0 Å². The maximum atomic E-state index is 5.58. The summed E-state index contributed by atoms with van der Waals surface area (Å²) in [6.45, 7) is 3.35. The van der Waals surface area contributed by atoms with Crippen molar-refractivity contribution in [2.24, 2.45) is 4.99 Å². The van der Waals surface area contributed by atoms with Crippen LogP contribution >= 0.6 is 24.0 Å². The first-order valence-corrected chi connectivity index (χ1v) is 9.43. The zero-order chi connectivity index (χ0) is 19.4. The first-order chi connectivity index (χ1) is 13.8. The maximum absolute atomic E-state index is 5.58. The van der Waals surface area contributed by atoms with Crippen molar-refractivity contribution in [1.82, 2.24) is 20.2 Å². The number of guanidine groups is 1. The van der Waals surface area contributed by atoms with Crippen LogP contribution in [-0.4, -0.2) is 35.7 Å². The van der Waals surface area contributed by atoms with Crippen LogP contribution in [0.15, 0.2) is 70.5 Å². The molecule has 2 N–H and O–H groups in total. The average Bonchev–Trinajstić information content (AvgIpc) is 3.40. The molecule has 7 nitrogen and oxygen atoms in total. The van der Waals surface area contributed by atoms with Gasteiger partial charge < -0.3 is 24.4 Å². The number of rotatable bonds is 10. The summed E-state index contributed by atoms with van der Waals surface area (Å²) in [6, 6.07) is 14.1. The van der Waals surface area contributed by atoms with Crippen molar-refractivity contribution in [1.29, 1.82) is 0 Å². The Bertz CT molecular complexity index is 834. The number of ether oxygens (including phenoxy) is 1. The summed E-state index contributed by atoms with van der Waals surface area (Å²) in [5, 5.41) is 6.60. The molecule has 2 heterocycles. The fourth-order valence-electron chi connectivity index (χ4n) is 2.76.